The van der Waals surface area contributed by atoms with Crippen molar-refractivity contribution in [1.82, 2.24) is 20.1 Å². The summed E-state index contributed by atoms with van der Waals surface area (Å²) in [7, 11) is 3.42. The number of rotatable bonds is 6. The van der Waals surface area contributed by atoms with Gasteiger partial charge in [-0.25, -0.2) is 0 Å². The van der Waals surface area contributed by atoms with E-state index >= 15 is 0 Å². The maximum absolute atomic E-state index is 12.6. The lowest BCUT2D eigenvalue weighted by Crippen LogP contribution is -2.45. The van der Waals surface area contributed by atoms with Crippen LogP contribution in [-0.4, -0.2) is 73.4 Å². The lowest BCUT2D eigenvalue weighted by atomic mass is 10.1. The molecular formula is C19H26N4O3S. The Kier molecular flexibility index (Phi) is 6.65. The van der Waals surface area contributed by atoms with E-state index in [0.29, 0.717) is 17.2 Å². The molecule has 2 N–H and O–H groups in total. The van der Waals surface area contributed by atoms with E-state index in [-0.39, 0.29) is 5.56 Å². The van der Waals surface area contributed by atoms with Crippen molar-refractivity contribution in [2.24, 2.45) is 0 Å². The van der Waals surface area contributed by atoms with Crippen molar-refractivity contribution in [2.75, 3.05) is 53.6 Å². The van der Waals surface area contributed by atoms with E-state index in [4.69, 9.17) is 21.7 Å². The number of thiocarbonyl (C=S) groups is 1. The zero-order valence-corrected chi connectivity index (χ0v) is 16.6. The Hall–Kier alpha value is -2.16. The van der Waals surface area contributed by atoms with E-state index in [2.05, 4.69) is 15.2 Å². The minimum absolute atomic E-state index is 0.106. The van der Waals surface area contributed by atoms with Gasteiger partial charge >= 0.3 is 0 Å². The van der Waals surface area contributed by atoms with Gasteiger partial charge in [0, 0.05) is 44.9 Å². The summed E-state index contributed by atoms with van der Waals surface area (Å²) in [5, 5.41) is 4.63. The summed E-state index contributed by atoms with van der Waals surface area (Å²) >= 11 is 5.46. The molecule has 2 aromatic rings. The largest absolute Gasteiger partial charge is 0.497 e. The molecule has 0 unspecified atom stereocenters. The molecule has 0 atom stereocenters. The molecule has 1 saturated heterocycles. The molecule has 146 valence electrons. The fourth-order valence-corrected chi connectivity index (χ4v) is 3.33. The Morgan fingerprint density at radius 3 is 2.85 bits per heavy atom. The van der Waals surface area contributed by atoms with Crippen LogP contribution in [0.1, 0.15) is 5.56 Å². The highest BCUT2D eigenvalue weighted by Gasteiger charge is 2.16. The molecular weight excluding hydrogens is 364 g/mol. The summed E-state index contributed by atoms with van der Waals surface area (Å²) in [5.74, 6) is 0.717. The summed E-state index contributed by atoms with van der Waals surface area (Å²) in [6.45, 7) is 5.49. The summed E-state index contributed by atoms with van der Waals surface area (Å²) in [6.07, 6.45) is 0. The maximum Gasteiger partial charge on any atom is 0.253 e. The highest BCUT2D eigenvalue weighted by Crippen LogP contribution is 2.19. The van der Waals surface area contributed by atoms with Crippen molar-refractivity contribution in [2.45, 2.75) is 6.54 Å². The second-order valence-electron chi connectivity index (χ2n) is 6.51. The number of H-pyrrole nitrogens is 1. The van der Waals surface area contributed by atoms with Gasteiger partial charge in [-0.3, -0.25) is 9.69 Å². The Morgan fingerprint density at radius 1 is 1.37 bits per heavy atom. The first kappa shape index (κ1) is 19.6. The average Bonchev–Trinajstić information content (AvgIpc) is 2.71. The smallest absolute Gasteiger partial charge is 0.253 e. The standard InChI is InChI=1S/C19H26N4O3S/c1-20-19(27)23(6-5-22-7-9-26-10-8-22)13-15-11-14-3-4-16(25-2)12-17(14)21-18(15)24/h3-4,11-12H,5-10,13H2,1-2H3,(H,20,27)(H,21,24). The lowest BCUT2D eigenvalue weighted by Gasteiger charge is -2.31. The molecule has 27 heavy (non-hydrogen) atoms. The molecule has 3 rings (SSSR count). The van der Waals surface area contributed by atoms with E-state index in [1.807, 2.05) is 29.2 Å². The van der Waals surface area contributed by atoms with E-state index in [9.17, 15) is 4.79 Å². The van der Waals surface area contributed by atoms with E-state index in [0.717, 1.165) is 56.0 Å². The van der Waals surface area contributed by atoms with Crippen molar-refractivity contribution in [1.29, 1.82) is 0 Å². The van der Waals surface area contributed by atoms with Crippen molar-refractivity contribution >= 4 is 28.2 Å². The van der Waals surface area contributed by atoms with Crippen molar-refractivity contribution in [3.8, 4) is 5.75 Å². The SMILES string of the molecule is CNC(=S)N(CCN1CCOCC1)Cc1cc2ccc(OC)cc2[nH]c1=O. The zero-order chi connectivity index (χ0) is 19.2. The van der Waals surface area contributed by atoms with E-state index < -0.39 is 0 Å². The fourth-order valence-electron chi connectivity index (χ4n) is 3.17. The molecule has 7 nitrogen and oxygen atoms in total. The molecule has 0 amide bonds. The highest BCUT2D eigenvalue weighted by atomic mass is 32.1. The number of hydrogen-bond acceptors (Lipinski definition) is 5. The van der Waals surface area contributed by atoms with Crippen molar-refractivity contribution < 1.29 is 9.47 Å². The normalized spacial score (nSPS) is 14.9. The number of fused-ring (bicyclic) bond motifs is 1. The number of nitrogens with zero attached hydrogens (tertiary/aromatic N) is 2. The van der Waals surface area contributed by atoms with Crippen LogP contribution in [-0.2, 0) is 11.3 Å². The maximum atomic E-state index is 12.6. The molecule has 2 heterocycles. The van der Waals surface area contributed by atoms with Gasteiger partial charge in [-0.2, -0.15) is 0 Å². The Balaban J connectivity index is 1.76. The Bertz CT molecular complexity index is 848. The molecule has 0 radical (unpaired) electrons. The molecule has 1 fully saturated rings. The minimum atomic E-state index is -0.106. The Labute approximate surface area is 164 Å². The number of aromatic amines is 1. The van der Waals surface area contributed by atoms with Crippen LogP contribution >= 0.6 is 12.2 Å². The predicted molar refractivity (Wildman–Crippen MR) is 110 cm³/mol. The monoisotopic (exact) mass is 390 g/mol. The van der Waals surface area contributed by atoms with Crippen LogP contribution < -0.4 is 15.6 Å². The third-order valence-corrected chi connectivity index (χ3v) is 5.24. The first-order valence-electron chi connectivity index (χ1n) is 9.07. The van der Waals surface area contributed by atoms with Gasteiger partial charge in [-0.1, -0.05) is 0 Å². The number of nitrogens with one attached hydrogen (secondary N) is 2. The molecule has 0 aliphatic carbocycles. The molecule has 0 saturated carbocycles. The summed E-state index contributed by atoms with van der Waals surface area (Å²) in [4.78, 5) is 19.9. The van der Waals surface area contributed by atoms with Crippen LogP contribution in [0.25, 0.3) is 10.9 Å². The van der Waals surface area contributed by atoms with Gasteiger partial charge in [-0.05, 0) is 35.8 Å². The molecule has 8 heteroatoms. The first-order valence-corrected chi connectivity index (χ1v) is 9.48. The van der Waals surface area contributed by atoms with Gasteiger partial charge in [0.1, 0.15) is 5.75 Å². The quantitative estimate of drug-likeness (QED) is 0.718. The van der Waals surface area contributed by atoms with Crippen molar-refractivity contribution in [3.05, 3.63) is 40.2 Å². The predicted octanol–water partition coefficient (Wildman–Crippen LogP) is 1.18. The Morgan fingerprint density at radius 2 is 2.15 bits per heavy atom. The molecule has 0 spiro atoms. The average molecular weight is 391 g/mol. The van der Waals surface area contributed by atoms with E-state index in [1.54, 1.807) is 14.2 Å². The summed E-state index contributed by atoms with van der Waals surface area (Å²) < 4.78 is 10.6. The molecule has 0 bridgehead atoms. The number of ether oxygens (including phenoxy) is 2. The topological polar surface area (TPSA) is 69.8 Å². The third-order valence-electron chi connectivity index (χ3n) is 4.78. The second-order valence-corrected chi connectivity index (χ2v) is 6.89. The van der Waals surface area contributed by atoms with Crippen LogP contribution in [0.4, 0.5) is 0 Å². The molecule has 1 aliphatic heterocycles. The second kappa shape index (κ2) is 9.16. The number of methoxy groups -OCH3 is 1. The number of morpholine rings is 1. The van der Waals surface area contributed by atoms with Gasteiger partial charge in [0.05, 0.1) is 32.4 Å². The van der Waals surface area contributed by atoms with Gasteiger partial charge in [0.15, 0.2) is 5.11 Å². The number of aromatic nitrogens is 1. The minimum Gasteiger partial charge on any atom is -0.497 e. The number of hydrogen-bond donors (Lipinski definition) is 2. The molecule has 1 aromatic heterocycles. The van der Waals surface area contributed by atoms with Crippen LogP contribution in [0.2, 0.25) is 0 Å². The van der Waals surface area contributed by atoms with Crippen LogP contribution in [0.15, 0.2) is 29.1 Å². The highest BCUT2D eigenvalue weighted by molar-refractivity contribution is 7.80. The summed E-state index contributed by atoms with van der Waals surface area (Å²) in [6, 6.07) is 7.59. The number of benzene rings is 1. The van der Waals surface area contributed by atoms with Gasteiger partial charge in [0.2, 0.25) is 0 Å². The van der Waals surface area contributed by atoms with Gasteiger partial charge in [0.25, 0.3) is 5.56 Å². The lowest BCUT2D eigenvalue weighted by molar-refractivity contribution is 0.0357. The number of pyridine rings is 1. The molecule has 1 aliphatic rings. The van der Waals surface area contributed by atoms with E-state index in [1.165, 1.54) is 0 Å². The van der Waals surface area contributed by atoms with Crippen LogP contribution in [0.3, 0.4) is 0 Å². The van der Waals surface area contributed by atoms with Crippen LogP contribution in [0.5, 0.6) is 5.75 Å². The first-order chi connectivity index (χ1) is 13.1. The van der Waals surface area contributed by atoms with Crippen LogP contribution in [0, 0.1) is 0 Å². The van der Waals surface area contributed by atoms with Crippen molar-refractivity contribution in [3.63, 3.8) is 0 Å². The molecule has 1 aromatic carbocycles. The third kappa shape index (κ3) is 4.97. The van der Waals surface area contributed by atoms with Gasteiger partial charge in [-0.15, -0.1) is 0 Å². The van der Waals surface area contributed by atoms with Gasteiger partial charge < -0.3 is 24.7 Å². The fraction of sp³-hybridized carbons (Fsp3) is 0.474. The summed E-state index contributed by atoms with van der Waals surface area (Å²) in [5.41, 5.74) is 1.34. The zero-order valence-electron chi connectivity index (χ0n) is 15.8.